The molecule has 0 aromatic rings. The summed E-state index contributed by atoms with van der Waals surface area (Å²) in [5.41, 5.74) is 3.69. The number of aliphatic hydroxyl groups excluding tert-OH is 2. The van der Waals surface area contributed by atoms with Crippen LogP contribution < -0.4 is 5.73 Å². The first kappa shape index (κ1) is 9.84. The van der Waals surface area contributed by atoms with Crippen molar-refractivity contribution in [2.45, 2.75) is 31.6 Å². The monoisotopic (exact) mass is 149 g/mol. The van der Waals surface area contributed by atoms with Crippen LogP contribution in [0.3, 0.4) is 0 Å². The van der Waals surface area contributed by atoms with Crippen molar-refractivity contribution in [3.63, 3.8) is 0 Å². The molecular weight excluding hydrogens is 134 g/mol. The van der Waals surface area contributed by atoms with Crippen molar-refractivity contribution in [1.29, 1.82) is 0 Å². The Kier molecular flexibility index (Phi) is 3.81. The Morgan fingerprint density at radius 3 is 2.40 bits per heavy atom. The van der Waals surface area contributed by atoms with Gasteiger partial charge in [0.25, 0.3) is 0 Å². The molecule has 0 aliphatic rings. The number of aliphatic hydroxyl groups is 3. The van der Waals surface area contributed by atoms with Gasteiger partial charge in [-0.15, -0.1) is 0 Å². The van der Waals surface area contributed by atoms with E-state index in [0.29, 0.717) is 0 Å². The molecule has 0 spiro atoms. The Balaban J connectivity index is 3.78. The minimum atomic E-state index is -1.55. The summed E-state index contributed by atoms with van der Waals surface area (Å²) in [6.07, 6.45) is -0.655. The Morgan fingerprint density at radius 1 is 1.60 bits per heavy atom. The van der Waals surface area contributed by atoms with Crippen molar-refractivity contribution < 1.29 is 15.3 Å². The van der Waals surface area contributed by atoms with Crippen LogP contribution in [0.25, 0.3) is 0 Å². The molecule has 0 saturated heterocycles. The summed E-state index contributed by atoms with van der Waals surface area (Å²) in [6.45, 7) is 1.50. The van der Waals surface area contributed by atoms with Gasteiger partial charge in [0.15, 0.2) is 0 Å². The van der Waals surface area contributed by atoms with Gasteiger partial charge in [-0.05, 0) is 6.42 Å². The van der Waals surface area contributed by atoms with E-state index in [9.17, 15) is 0 Å². The molecule has 0 saturated carbocycles. The van der Waals surface area contributed by atoms with Gasteiger partial charge in [-0.2, -0.15) is 0 Å². The minimum absolute atomic E-state index is 0.112. The highest BCUT2D eigenvalue weighted by Gasteiger charge is 2.27. The second-order valence-corrected chi connectivity index (χ2v) is 2.37. The third kappa shape index (κ3) is 2.62. The quantitative estimate of drug-likeness (QED) is 0.378. The topological polar surface area (TPSA) is 86.7 Å². The highest BCUT2D eigenvalue weighted by Crippen LogP contribution is 2.10. The lowest BCUT2D eigenvalue weighted by Crippen LogP contribution is -2.50. The first-order chi connectivity index (χ1) is 4.54. The molecule has 0 aliphatic carbocycles. The van der Waals surface area contributed by atoms with Crippen LogP contribution >= 0.6 is 0 Å². The van der Waals surface area contributed by atoms with E-state index in [1.807, 2.05) is 0 Å². The normalized spacial score (nSPS) is 20.1. The molecule has 0 aliphatic heterocycles. The first-order valence-corrected chi connectivity index (χ1v) is 3.34. The van der Waals surface area contributed by atoms with Crippen molar-refractivity contribution in [2.24, 2.45) is 5.73 Å². The summed E-state index contributed by atoms with van der Waals surface area (Å²) in [5, 5.41) is 26.6. The molecule has 0 rings (SSSR count). The number of hydrogen-bond donors (Lipinski definition) is 4. The molecule has 0 aromatic heterocycles. The maximum atomic E-state index is 9.14. The standard InChI is InChI=1S/C6H15NO3/c1-2-6(7,10)5(9)3-4-8/h5,8-10H,2-4,7H2,1H3. The predicted octanol–water partition coefficient (Wildman–Crippen LogP) is -1.21. The van der Waals surface area contributed by atoms with Gasteiger partial charge in [0.2, 0.25) is 0 Å². The molecule has 0 fully saturated rings. The Morgan fingerprint density at radius 2 is 2.10 bits per heavy atom. The van der Waals surface area contributed by atoms with Gasteiger partial charge in [-0.3, -0.25) is 0 Å². The van der Waals surface area contributed by atoms with Gasteiger partial charge >= 0.3 is 0 Å². The van der Waals surface area contributed by atoms with E-state index in [0.717, 1.165) is 0 Å². The lowest BCUT2D eigenvalue weighted by molar-refractivity contribution is -0.0808. The molecule has 4 nitrogen and oxygen atoms in total. The average Bonchev–Trinajstić information content (AvgIpc) is 1.89. The molecule has 0 radical (unpaired) electrons. The van der Waals surface area contributed by atoms with Gasteiger partial charge in [0, 0.05) is 13.0 Å². The molecule has 10 heavy (non-hydrogen) atoms. The summed E-state index contributed by atoms with van der Waals surface area (Å²) in [5.74, 6) is 0. The molecule has 0 bridgehead atoms. The zero-order valence-electron chi connectivity index (χ0n) is 6.12. The zero-order chi connectivity index (χ0) is 8.20. The maximum Gasteiger partial charge on any atom is 0.139 e. The lowest BCUT2D eigenvalue weighted by atomic mass is 10.0. The van der Waals surface area contributed by atoms with Gasteiger partial charge in [-0.1, -0.05) is 6.92 Å². The van der Waals surface area contributed by atoms with Gasteiger partial charge in [0.1, 0.15) is 5.72 Å². The predicted molar refractivity (Wildman–Crippen MR) is 37.1 cm³/mol. The Hall–Kier alpha value is -0.160. The number of rotatable bonds is 4. The van der Waals surface area contributed by atoms with Crippen LogP contribution in [-0.4, -0.2) is 33.8 Å². The molecule has 2 atom stereocenters. The molecule has 2 unspecified atom stereocenters. The van der Waals surface area contributed by atoms with E-state index in [1.165, 1.54) is 0 Å². The van der Waals surface area contributed by atoms with Crippen molar-refractivity contribution in [1.82, 2.24) is 0 Å². The average molecular weight is 149 g/mol. The maximum absolute atomic E-state index is 9.14. The van der Waals surface area contributed by atoms with Crippen LogP contribution in [0.15, 0.2) is 0 Å². The van der Waals surface area contributed by atoms with Crippen LogP contribution in [0.2, 0.25) is 0 Å². The summed E-state index contributed by atoms with van der Waals surface area (Å²) in [4.78, 5) is 0. The third-order valence-electron chi connectivity index (χ3n) is 1.55. The summed E-state index contributed by atoms with van der Waals surface area (Å²) < 4.78 is 0. The fourth-order valence-corrected chi connectivity index (χ4v) is 0.608. The van der Waals surface area contributed by atoms with E-state index >= 15 is 0 Å². The highest BCUT2D eigenvalue weighted by molar-refractivity contribution is 4.77. The van der Waals surface area contributed by atoms with Gasteiger partial charge < -0.3 is 21.1 Å². The SMILES string of the molecule is CCC(N)(O)C(O)CCO. The van der Waals surface area contributed by atoms with Crippen LogP contribution in [0, 0.1) is 0 Å². The van der Waals surface area contributed by atoms with Crippen molar-refractivity contribution in [3.05, 3.63) is 0 Å². The van der Waals surface area contributed by atoms with Crippen LogP contribution in [0.1, 0.15) is 19.8 Å². The third-order valence-corrected chi connectivity index (χ3v) is 1.55. The van der Waals surface area contributed by atoms with E-state index < -0.39 is 11.8 Å². The largest absolute Gasteiger partial charge is 0.396 e. The summed E-state index contributed by atoms with van der Waals surface area (Å²) >= 11 is 0. The molecule has 4 heteroatoms. The summed E-state index contributed by atoms with van der Waals surface area (Å²) in [6, 6.07) is 0. The second-order valence-electron chi connectivity index (χ2n) is 2.37. The summed E-state index contributed by atoms with van der Waals surface area (Å²) in [7, 11) is 0. The molecule has 0 aromatic carbocycles. The van der Waals surface area contributed by atoms with E-state index in [4.69, 9.17) is 21.1 Å². The molecular formula is C6H15NO3. The van der Waals surface area contributed by atoms with Crippen molar-refractivity contribution in [3.8, 4) is 0 Å². The van der Waals surface area contributed by atoms with Gasteiger partial charge in [0.05, 0.1) is 6.10 Å². The lowest BCUT2D eigenvalue weighted by Gasteiger charge is -2.26. The first-order valence-electron chi connectivity index (χ1n) is 3.34. The highest BCUT2D eigenvalue weighted by atomic mass is 16.4. The number of hydrogen-bond acceptors (Lipinski definition) is 4. The van der Waals surface area contributed by atoms with Crippen LogP contribution in [0.4, 0.5) is 0 Å². The zero-order valence-corrected chi connectivity index (χ0v) is 6.12. The van der Waals surface area contributed by atoms with E-state index in [-0.39, 0.29) is 19.4 Å². The fraction of sp³-hybridized carbons (Fsp3) is 1.00. The van der Waals surface area contributed by atoms with Gasteiger partial charge in [-0.25, -0.2) is 0 Å². The smallest absolute Gasteiger partial charge is 0.139 e. The molecule has 0 heterocycles. The second kappa shape index (κ2) is 3.88. The Labute approximate surface area is 60.3 Å². The van der Waals surface area contributed by atoms with Crippen LogP contribution in [-0.2, 0) is 0 Å². The molecule has 0 amide bonds. The minimum Gasteiger partial charge on any atom is -0.396 e. The van der Waals surface area contributed by atoms with E-state index in [1.54, 1.807) is 6.92 Å². The van der Waals surface area contributed by atoms with E-state index in [2.05, 4.69) is 0 Å². The van der Waals surface area contributed by atoms with Crippen molar-refractivity contribution in [2.75, 3.05) is 6.61 Å². The molecule has 5 N–H and O–H groups in total. The number of nitrogens with two attached hydrogens (primary N) is 1. The Bertz CT molecular complexity index is 95.0. The van der Waals surface area contributed by atoms with Crippen molar-refractivity contribution >= 4 is 0 Å². The fourth-order valence-electron chi connectivity index (χ4n) is 0.608. The molecule has 62 valence electrons. The van der Waals surface area contributed by atoms with Crippen LogP contribution in [0.5, 0.6) is 0 Å².